The highest BCUT2D eigenvalue weighted by molar-refractivity contribution is 5.68. The van der Waals surface area contributed by atoms with Gasteiger partial charge in [-0.25, -0.2) is 4.79 Å². The van der Waals surface area contributed by atoms with E-state index in [2.05, 4.69) is 17.3 Å². The molecule has 0 aromatic rings. The van der Waals surface area contributed by atoms with E-state index in [0.717, 1.165) is 32.4 Å². The Morgan fingerprint density at radius 3 is 2.62 bits per heavy atom. The van der Waals surface area contributed by atoms with Gasteiger partial charge in [0, 0.05) is 6.04 Å². The molecule has 94 valence electrons. The molecule has 1 heterocycles. The summed E-state index contributed by atoms with van der Waals surface area (Å²) in [6, 6.07) is 0.264. The molecule has 0 aromatic carbocycles. The van der Waals surface area contributed by atoms with Gasteiger partial charge in [0.05, 0.1) is 0 Å². The largest absolute Gasteiger partial charge is 0.444 e. The summed E-state index contributed by atoms with van der Waals surface area (Å²) in [7, 11) is 2.12. The van der Waals surface area contributed by atoms with E-state index in [0.29, 0.717) is 0 Å². The molecular formula is C12H24N2O2. The number of ether oxygens (including phenoxy) is 1. The molecule has 1 fully saturated rings. The Morgan fingerprint density at radius 2 is 2.00 bits per heavy atom. The molecule has 0 unspecified atom stereocenters. The Hall–Kier alpha value is -0.770. The Labute approximate surface area is 98.3 Å². The van der Waals surface area contributed by atoms with Crippen LogP contribution in [-0.2, 0) is 4.74 Å². The topological polar surface area (TPSA) is 41.6 Å². The Bertz CT molecular complexity index is 236. The van der Waals surface area contributed by atoms with Crippen molar-refractivity contribution in [2.24, 2.45) is 0 Å². The minimum atomic E-state index is -0.411. The quantitative estimate of drug-likeness (QED) is 0.746. The third-order valence-corrected chi connectivity index (χ3v) is 2.67. The predicted molar refractivity (Wildman–Crippen MR) is 64.5 cm³/mol. The Morgan fingerprint density at radius 1 is 1.31 bits per heavy atom. The number of amides is 1. The van der Waals surface area contributed by atoms with Crippen molar-refractivity contribution < 1.29 is 9.53 Å². The van der Waals surface area contributed by atoms with Crippen LogP contribution in [0.2, 0.25) is 0 Å². The number of alkyl carbamates (subject to hydrolysis) is 1. The molecule has 4 heteroatoms. The summed E-state index contributed by atoms with van der Waals surface area (Å²) < 4.78 is 5.24. The highest BCUT2D eigenvalue weighted by atomic mass is 16.6. The van der Waals surface area contributed by atoms with Crippen molar-refractivity contribution in [1.82, 2.24) is 10.2 Å². The average Bonchev–Trinajstić information content (AvgIpc) is 2.27. The standard InChI is InChI=1S/C12H24N2O2/c1-12(2,3)16-11(15)13-10-6-5-8-14(4)9-7-10/h10H,5-9H2,1-4H3,(H,13,15)/t10-/m0/s1. The zero-order valence-electron chi connectivity index (χ0n) is 10.9. The number of rotatable bonds is 1. The molecule has 1 saturated heterocycles. The SMILES string of the molecule is CN1CCC[C@H](NC(=O)OC(C)(C)C)CC1. The summed E-state index contributed by atoms with van der Waals surface area (Å²) >= 11 is 0. The summed E-state index contributed by atoms with van der Waals surface area (Å²) in [5.74, 6) is 0. The van der Waals surface area contributed by atoms with Gasteiger partial charge in [0.15, 0.2) is 0 Å². The minimum absolute atomic E-state index is 0.264. The Balaban J connectivity index is 2.33. The summed E-state index contributed by atoms with van der Waals surface area (Å²) in [4.78, 5) is 13.9. The van der Waals surface area contributed by atoms with Crippen LogP contribution < -0.4 is 5.32 Å². The lowest BCUT2D eigenvalue weighted by atomic mass is 10.1. The summed E-state index contributed by atoms with van der Waals surface area (Å²) in [6.07, 6.45) is 2.90. The zero-order valence-corrected chi connectivity index (χ0v) is 10.9. The molecule has 0 saturated carbocycles. The van der Waals surface area contributed by atoms with Gasteiger partial charge in [-0.2, -0.15) is 0 Å². The van der Waals surface area contributed by atoms with Crippen LogP contribution in [0, 0.1) is 0 Å². The molecule has 0 spiro atoms. The molecule has 0 bridgehead atoms. The molecule has 1 aliphatic rings. The van der Waals surface area contributed by atoms with Gasteiger partial charge < -0.3 is 15.0 Å². The van der Waals surface area contributed by atoms with Crippen molar-refractivity contribution in [3.8, 4) is 0 Å². The Kier molecular flexibility index (Phi) is 4.59. The van der Waals surface area contributed by atoms with Crippen LogP contribution in [0.1, 0.15) is 40.0 Å². The number of carbonyl (C=O) groups excluding carboxylic acids is 1. The highest BCUT2D eigenvalue weighted by Crippen LogP contribution is 2.11. The van der Waals surface area contributed by atoms with Crippen molar-refractivity contribution in [3.63, 3.8) is 0 Å². The number of likely N-dealkylation sites (tertiary alicyclic amines) is 1. The van der Waals surface area contributed by atoms with Crippen LogP contribution in [0.5, 0.6) is 0 Å². The van der Waals surface area contributed by atoms with Crippen molar-refractivity contribution in [2.45, 2.75) is 51.7 Å². The normalized spacial score (nSPS) is 23.6. The fourth-order valence-electron chi connectivity index (χ4n) is 1.86. The van der Waals surface area contributed by atoms with E-state index >= 15 is 0 Å². The van der Waals surface area contributed by atoms with Gasteiger partial charge in [0.2, 0.25) is 0 Å². The first-order valence-corrected chi connectivity index (χ1v) is 6.05. The molecule has 0 aliphatic carbocycles. The van der Waals surface area contributed by atoms with E-state index in [1.54, 1.807) is 0 Å². The van der Waals surface area contributed by atoms with E-state index in [9.17, 15) is 4.79 Å². The van der Waals surface area contributed by atoms with Gasteiger partial charge in [0.25, 0.3) is 0 Å². The minimum Gasteiger partial charge on any atom is -0.444 e. The lowest BCUT2D eigenvalue weighted by Gasteiger charge is -2.23. The maximum absolute atomic E-state index is 11.6. The first kappa shape index (κ1) is 13.3. The number of hydrogen-bond donors (Lipinski definition) is 1. The van der Waals surface area contributed by atoms with E-state index in [-0.39, 0.29) is 12.1 Å². The molecular weight excluding hydrogens is 204 g/mol. The highest BCUT2D eigenvalue weighted by Gasteiger charge is 2.20. The third-order valence-electron chi connectivity index (χ3n) is 2.67. The van der Waals surface area contributed by atoms with Gasteiger partial charge in [-0.1, -0.05) is 0 Å². The molecule has 1 atom stereocenters. The van der Waals surface area contributed by atoms with E-state index in [1.165, 1.54) is 0 Å². The average molecular weight is 228 g/mol. The molecule has 1 amide bonds. The lowest BCUT2D eigenvalue weighted by molar-refractivity contribution is 0.0500. The number of nitrogens with zero attached hydrogens (tertiary/aromatic N) is 1. The first-order chi connectivity index (χ1) is 7.37. The fourth-order valence-corrected chi connectivity index (χ4v) is 1.86. The molecule has 4 nitrogen and oxygen atoms in total. The summed E-state index contributed by atoms with van der Waals surface area (Å²) in [5.41, 5.74) is -0.411. The van der Waals surface area contributed by atoms with Gasteiger partial charge in [-0.15, -0.1) is 0 Å². The molecule has 1 N–H and O–H groups in total. The predicted octanol–water partition coefficient (Wildman–Crippen LogP) is 2.00. The molecule has 1 aliphatic heterocycles. The molecule has 0 aromatic heterocycles. The number of nitrogens with one attached hydrogen (secondary N) is 1. The maximum Gasteiger partial charge on any atom is 0.407 e. The summed E-state index contributed by atoms with van der Waals surface area (Å²) in [5, 5.41) is 2.95. The van der Waals surface area contributed by atoms with E-state index in [4.69, 9.17) is 4.74 Å². The van der Waals surface area contributed by atoms with Crippen LogP contribution in [0.15, 0.2) is 0 Å². The van der Waals surface area contributed by atoms with Gasteiger partial charge in [-0.05, 0) is 60.2 Å². The summed E-state index contributed by atoms with van der Waals surface area (Å²) in [6.45, 7) is 7.81. The number of hydrogen-bond acceptors (Lipinski definition) is 3. The van der Waals surface area contributed by atoms with Gasteiger partial charge >= 0.3 is 6.09 Å². The fraction of sp³-hybridized carbons (Fsp3) is 0.917. The van der Waals surface area contributed by atoms with Crippen LogP contribution in [0.25, 0.3) is 0 Å². The number of carbonyl (C=O) groups is 1. The molecule has 16 heavy (non-hydrogen) atoms. The molecule has 0 radical (unpaired) electrons. The zero-order chi connectivity index (χ0) is 12.2. The smallest absolute Gasteiger partial charge is 0.407 e. The second kappa shape index (κ2) is 5.53. The van der Waals surface area contributed by atoms with Crippen LogP contribution in [0.4, 0.5) is 4.79 Å². The van der Waals surface area contributed by atoms with Gasteiger partial charge in [0.1, 0.15) is 5.60 Å². The maximum atomic E-state index is 11.6. The van der Waals surface area contributed by atoms with Crippen molar-refractivity contribution in [3.05, 3.63) is 0 Å². The third kappa shape index (κ3) is 5.35. The van der Waals surface area contributed by atoms with Crippen molar-refractivity contribution in [2.75, 3.05) is 20.1 Å². The molecule has 1 rings (SSSR count). The van der Waals surface area contributed by atoms with E-state index < -0.39 is 5.60 Å². The monoisotopic (exact) mass is 228 g/mol. The second-order valence-corrected chi connectivity index (χ2v) is 5.58. The van der Waals surface area contributed by atoms with E-state index in [1.807, 2.05) is 20.8 Å². The lowest BCUT2D eigenvalue weighted by Crippen LogP contribution is -2.39. The second-order valence-electron chi connectivity index (χ2n) is 5.58. The van der Waals surface area contributed by atoms with Gasteiger partial charge in [-0.3, -0.25) is 0 Å². The van der Waals surface area contributed by atoms with Crippen LogP contribution in [0.3, 0.4) is 0 Å². The van der Waals surface area contributed by atoms with Crippen LogP contribution in [-0.4, -0.2) is 42.8 Å². The first-order valence-electron chi connectivity index (χ1n) is 6.05. The van der Waals surface area contributed by atoms with Crippen molar-refractivity contribution >= 4 is 6.09 Å². The van der Waals surface area contributed by atoms with Crippen LogP contribution >= 0.6 is 0 Å². The van der Waals surface area contributed by atoms with Crippen molar-refractivity contribution in [1.29, 1.82) is 0 Å².